The standard InChI is InChI=1S/C16H19NO3S/c1-11(2)16(3)9-14(19)17(15(16)20)10-13-7-6-12(21-13)5-4-8-18/h6-7,11,18H,8-10H2,1-3H3. The molecule has 1 aliphatic heterocycles. The second-order valence-electron chi connectivity index (χ2n) is 5.76. The number of nitrogens with zero attached hydrogens (tertiary/aromatic N) is 1. The molecule has 1 atom stereocenters. The lowest BCUT2D eigenvalue weighted by Crippen LogP contribution is -2.36. The molecule has 1 aromatic heterocycles. The van der Waals surface area contributed by atoms with Gasteiger partial charge in [0.25, 0.3) is 0 Å². The van der Waals surface area contributed by atoms with Gasteiger partial charge in [0.05, 0.1) is 16.8 Å². The van der Waals surface area contributed by atoms with Gasteiger partial charge in [0.1, 0.15) is 6.61 Å². The predicted octanol–water partition coefficient (Wildman–Crippen LogP) is 2.01. The van der Waals surface area contributed by atoms with Gasteiger partial charge >= 0.3 is 0 Å². The summed E-state index contributed by atoms with van der Waals surface area (Å²) in [5.41, 5.74) is -0.589. The van der Waals surface area contributed by atoms with E-state index in [9.17, 15) is 9.59 Å². The summed E-state index contributed by atoms with van der Waals surface area (Å²) in [5, 5.41) is 8.68. The van der Waals surface area contributed by atoms with Crippen LogP contribution in [0.2, 0.25) is 0 Å². The quantitative estimate of drug-likeness (QED) is 0.686. The van der Waals surface area contributed by atoms with E-state index in [0.717, 1.165) is 9.75 Å². The highest BCUT2D eigenvalue weighted by Crippen LogP contribution is 2.40. The predicted molar refractivity (Wildman–Crippen MR) is 81.4 cm³/mol. The molecule has 0 spiro atoms. The molecule has 2 rings (SSSR count). The van der Waals surface area contributed by atoms with Gasteiger partial charge in [0.2, 0.25) is 11.8 Å². The van der Waals surface area contributed by atoms with E-state index in [1.807, 2.05) is 32.9 Å². The lowest BCUT2D eigenvalue weighted by molar-refractivity contribution is -0.142. The third-order valence-electron chi connectivity index (χ3n) is 4.09. The SMILES string of the molecule is CC(C)C1(C)CC(=O)N(Cc2ccc(C#CCO)s2)C1=O. The monoisotopic (exact) mass is 305 g/mol. The summed E-state index contributed by atoms with van der Waals surface area (Å²) >= 11 is 1.44. The highest BCUT2D eigenvalue weighted by Gasteiger charge is 2.49. The molecule has 4 nitrogen and oxygen atoms in total. The Morgan fingerprint density at radius 2 is 2.14 bits per heavy atom. The molecule has 0 aliphatic carbocycles. The summed E-state index contributed by atoms with van der Waals surface area (Å²) in [7, 11) is 0. The first-order chi connectivity index (χ1) is 9.88. The molecule has 0 aromatic carbocycles. The Labute approximate surface area is 128 Å². The number of rotatable bonds is 3. The molecule has 1 fully saturated rings. The second-order valence-corrected chi connectivity index (χ2v) is 6.93. The third kappa shape index (κ3) is 3.02. The van der Waals surface area contributed by atoms with Crippen molar-refractivity contribution in [2.45, 2.75) is 33.7 Å². The average molecular weight is 305 g/mol. The molecule has 1 N–H and O–H groups in total. The number of aliphatic hydroxyl groups is 1. The van der Waals surface area contributed by atoms with E-state index >= 15 is 0 Å². The van der Waals surface area contributed by atoms with Gasteiger partial charge in [-0.1, -0.05) is 25.7 Å². The van der Waals surface area contributed by atoms with Gasteiger partial charge in [0, 0.05) is 11.3 Å². The Morgan fingerprint density at radius 1 is 1.43 bits per heavy atom. The molecule has 0 radical (unpaired) electrons. The zero-order chi connectivity index (χ0) is 15.6. The van der Waals surface area contributed by atoms with Crippen LogP contribution in [-0.4, -0.2) is 28.4 Å². The van der Waals surface area contributed by atoms with Crippen molar-refractivity contribution in [1.29, 1.82) is 0 Å². The fourth-order valence-corrected chi connectivity index (χ4v) is 3.20. The number of hydrogen-bond acceptors (Lipinski definition) is 4. The number of carbonyl (C=O) groups excluding carboxylic acids is 2. The summed E-state index contributed by atoms with van der Waals surface area (Å²) in [5.74, 6) is 5.36. The van der Waals surface area contributed by atoms with Crippen molar-refractivity contribution in [2.24, 2.45) is 11.3 Å². The number of amides is 2. The molecule has 1 aromatic rings. The topological polar surface area (TPSA) is 57.6 Å². The summed E-state index contributed by atoms with van der Waals surface area (Å²) < 4.78 is 0. The van der Waals surface area contributed by atoms with Crippen LogP contribution in [0.1, 0.15) is 36.9 Å². The van der Waals surface area contributed by atoms with Gasteiger partial charge in [-0.2, -0.15) is 0 Å². The van der Waals surface area contributed by atoms with E-state index in [-0.39, 0.29) is 30.8 Å². The number of aliphatic hydroxyl groups excluding tert-OH is 1. The lowest BCUT2D eigenvalue weighted by atomic mass is 9.78. The fourth-order valence-electron chi connectivity index (χ4n) is 2.33. The molecule has 112 valence electrons. The molecule has 0 saturated carbocycles. The smallest absolute Gasteiger partial charge is 0.236 e. The Hall–Kier alpha value is -1.64. The first-order valence-electron chi connectivity index (χ1n) is 6.91. The molecule has 2 heterocycles. The van der Waals surface area contributed by atoms with Crippen molar-refractivity contribution in [3.05, 3.63) is 21.9 Å². The zero-order valence-corrected chi connectivity index (χ0v) is 13.3. The van der Waals surface area contributed by atoms with Crippen molar-refractivity contribution in [2.75, 3.05) is 6.61 Å². The Balaban J connectivity index is 2.15. The molecule has 1 saturated heterocycles. The van der Waals surface area contributed by atoms with Crippen LogP contribution in [0.3, 0.4) is 0 Å². The van der Waals surface area contributed by atoms with Crippen molar-refractivity contribution in [3.8, 4) is 11.8 Å². The second kappa shape index (κ2) is 6.00. The van der Waals surface area contributed by atoms with Crippen molar-refractivity contribution >= 4 is 23.2 Å². The summed E-state index contributed by atoms with van der Waals surface area (Å²) in [6, 6.07) is 3.72. The summed E-state index contributed by atoms with van der Waals surface area (Å²) in [6.45, 7) is 5.95. The number of carbonyl (C=O) groups is 2. The van der Waals surface area contributed by atoms with Crippen LogP contribution >= 0.6 is 11.3 Å². The maximum atomic E-state index is 12.5. The van der Waals surface area contributed by atoms with E-state index in [1.54, 1.807) is 0 Å². The molecule has 1 aliphatic rings. The molecule has 2 amide bonds. The van der Waals surface area contributed by atoms with Crippen LogP contribution in [0.15, 0.2) is 12.1 Å². The zero-order valence-electron chi connectivity index (χ0n) is 12.5. The largest absolute Gasteiger partial charge is 0.384 e. The highest BCUT2D eigenvalue weighted by atomic mass is 32.1. The molecular formula is C16H19NO3S. The lowest BCUT2D eigenvalue weighted by Gasteiger charge is -2.25. The maximum absolute atomic E-state index is 12.5. The van der Waals surface area contributed by atoms with Gasteiger partial charge in [-0.25, -0.2) is 0 Å². The Kier molecular flexibility index (Phi) is 4.50. The third-order valence-corrected chi connectivity index (χ3v) is 5.08. The Bertz CT molecular complexity index is 623. The minimum atomic E-state index is -0.589. The van der Waals surface area contributed by atoms with Crippen LogP contribution in [-0.2, 0) is 16.1 Å². The fraction of sp³-hybridized carbons (Fsp3) is 0.500. The average Bonchev–Trinajstić information content (AvgIpc) is 2.96. The van der Waals surface area contributed by atoms with E-state index in [2.05, 4.69) is 11.8 Å². The molecule has 21 heavy (non-hydrogen) atoms. The highest BCUT2D eigenvalue weighted by molar-refractivity contribution is 7.12. The molecular weight excluding hydrogens is 286 g/mol. The van der Waals surface area contributed by atoms with Crippen molar-refractivity contribution in [3.63, 3.8) is 0 Å². The van der Waals surface area contributed by atoms with Gasteiger partial charge in [0.15, 0.2) is 0 Å². The molecule has 0 bridgehead atoms. The minimum Gasteiger partial charge on any atom is -0.384 e. The van der Waals surface area contributed by atoms with Gasteiger partial charge in [-0.3, -0.25) is 14.5 Å². The van der Waals surface area contributed by atoms with E-state index in [4.69, 9.17) is 5.11 Å². The van der Waals surface area contributed by atoms with Gasteiger partial charge in [-0.05, 0) is 25.0 Å². The first-order valence-corrected chi connectivity index (χ1v) is 7.73. The molecule has 1 unspecified atom stereocenters. The Morgan fingerprint density at radius 3 is 2.71 bits per heavy atom. The maximum Gasteiger partial charge on any atom is 0.236 e. The first kappa shape index (κ1) is 15.7. The van der Waals surface area contributed by atoms with Crippen molar-refractivity contribution in [1.82, 2.24) is 4.90 Å². The van der Waals surface area contributed by atoms with Crippen LogP contribution in [0.25, 0.3) is 0 Å². The van der Waals surface area contributed by atoms with E-state index in [1.165, 1.54) is 16.2 Å². The van der Waals surface area contributed by atoms with Gasteiger partial charge < -0.3 is 5.11 Å². The summed E-state index contributed by atoms with van der Waals surface area (Å²) in [4.78, 5) is 27.8. The van der Waals surface area contributed by atoms with E-state index < -0.39 is 5.41 Å². The van der Waals surface area contributed by atoms with Crippen LogP contribution < -0.4 is 0 Å². The number of imide groups is 1. The number of hydrogen-bond donors (Lipinski definition) is 1. The summed E-state index contributed by atoms with van der Waals surface area (Å²) in [6.07, 6.45) is 0.284. The number of thiophene rings is 1. The van der Waals surface area contributed by atoms with Gasteiger partial charge in [-0.15, -0.1) is 11.3 Å². The molecule has 5 heteroatoms. The minimum absolute atomic E-state index is 0.0844. The van der Waals surface area contributed by atoms with Crippen LogP contribution in [0.4, 0.5) is 0 Å². The normalized spacial score (nSPS) is 21.9. The van der Waals surface area contributed by atoms with Crippen LogP contribution in [0.5, 0.6) is 0 Å². The number of likely N-dealkylation sites (tertiary alicyclic amines) is 1. The van der Waals surface area contributed by atoms with Crippen LogP contribution in [0, 0.1) is 23.2 Å². The van der Waals surface area contributed by atoms with Crippen molar-refractivity contribution < 1.29 is 14.7 Å². The van der Waals surface area contributed by atoms with E-state index in [0.29, 0.717) is 6.54 Å².